The molecule has 2 N–H and O–H groups in total. The Morgan fingerprint density at radius 1 is 1.43 bits per heavy atom. The van der Waals surface area contributed by atoms with E-state index in [1.165, 1.54) is 0 Å². The molecule has 0 aromatic rings. The summed E-state index contributed by atoms with van der Waals surface area (Å²) < 4.78 is 5.18. The summed E-state index contributed by atoms with van der Waals surface area (Å²) in [6.07, 6.45) is 0.741. The number of fused-ring (bicyclic) bond motifs is 1. The number of aliphatic hydroxyl groups excluding tert-OH is 2. The minimum Gasteiger partial charge on any atom is -0.462 e. The number of ether oxygens (including phenoxy) is 1. The molecule has 2 rings (SSSR count). The second kappa shape index (κ2) is 3.51. The molecule has 5 atom stereocenters. The van der Waals surface area contributed by atoms with Crippen LogP contribution in [0.5, 0.6) is 0 Å². The van der Waals surface area contributed by atoms with Crippen molar-refractivity contribution in [1.82, 2.24) is 0 Å². The Balaban J connectivity index is 2.19. The zero-order chi connectivity index (χ0) is 10.3. The molecule has 1 saturated carbocycles. The van der Waals surface area contributed by atoms with Gasteiger partial charge in [-0.05, 0) is 18.3 Å². The van der Waals surface area contributed by atoms with Crippen molar-refractivity contribution >= 4 is 5.97 Å². The smallest absolute Gasteiger partial charge is 0.311 e. The van der Waals surface area contributed by atoms with Gasteiger partial charge in [-0.25, -0.2) is 0 Å². The standard InChI is InChI=1S/C10H16O4/c1-5-2-8-9(6(5)3-11)7(4-12)10(13)14-8/h5-9,11-12H,2-4H2,1H3/t5-,6+,7-,8-,9?/m0/s1. The fourth-order valence-corrected chi connectivity index (χ4v) is 2.93. The van der Waals surface area contributed by atoms with Gasteiger partial charge in [0, 0.05) is 12.5 Å². The summed E-state index contributed by atoms with van der Waals surface area (Å²) in [4.78, 5) is 11.3. The molecule has 1 aliphatic heterocycles. The van der Waals surface area contributed by atoms with E-state index >= 15 is 0 Å². The zero-order valence-electron chi connectivity index (χ0n) is 8.22. The van der Waals surface area contributed by atoms with Gasteiger partial charge >= 0.3 is 5.97 Å². The maximum atomic E-state index is 11.3. The monoisotopic (exact) mass is 200 g/mol. The van der Waals surface area contributed by atoms with Crippen molar-refractivity contribution in [3.05, 3.63) is 0 Å². The van der Waals surface area contributed by atoms with Crippen LogP contribution in [0.1, 0.15) is 13.3 Å². The van der Waals surface area contributed by atoms with Crippen LogP contribution in [0.2, 0.25) is 0 Å². The van der Waals surface area contributed by atoms with Gasteiger partial charge in [-0.1, -0.05) is 6.92 Å². The maximum absolute atomic E-state index is 11.3. The van der Waals surface area contributed by atoms with Gasteiger partial charge < -0.3 is 14.9 Å². The molecule has 14 heavy (non-hydrogen) atoms. The molecule has 1 saturated heterocycles. The van der Waals surface area contributed by atoms with Gasteiger partial charge in [0.15, 0.2) is 0 Å². The SMILES string of the molecule is C[C@H]1C[C@@H]2OC(=O)[C@@H](CO)C2[C@@H]1CO. The highest BCUT2D eigenvalue weighted by Gasteiger charge is 2.53. The molecule has 4 nitrogen and oxygen atoms in total. The van der Waals surface area contributed by atoms with E-state index in [2.05, 4.69) is 6.92 Å². The first-order valence-electron chi connectivity index (χ1n) is 5.11. The highest BCUT2D eigenvalue weighted by molar-refractivity contribution is 5.75. The zero-order valence-corrected chi connectivity index (χ0v) is 8.22. The van der Waals surface area contributed by atoms with Crippen molar-refractivity contribution in [2.45, 2.75) is 19.4 Å². The molecular weight excluding hydrogens is 184 g/mol. The molecule has 1 unspecified atom stereocenters. The number of carbonyl (C=O) groups is 1. The Labute approximate surface area is 82.9 Å². The first kappa shape index (κ1) is 9.93. The third-order valence-corrected chi connectivity index (χ3v) is 3.70. The highest BCUT2D eigenvalue weighted by atomic mass is 16.6. The van der Waals surface area contributed by atoms with Crippen molar-refractivity contribution in [2.75, 3.05) is 13.2 Å². The van der Waals surface area contributed by atoms with E-state index in [9.17, 15) is 9.90 Å². The number of aliphatic hydroxyl groups is 2. The van der Waals surface area contributed by atoms with Crippen molar-refractivity contribution in [2.24, 2.45) is 23.7 Å². The van der Waals surface area contributed by atoms with Crippen LogP contribution in [0.3, 0.4) is 0 Å². The van der Waals surface area contributed by atoms with Gasteiger partial charge in [-0.3, -0.25) is 4.79 Å². The van der Waals surface area contributed by atoms with Crippen molar-refractivity contribution in [3.8, 4) is 0 Å². The van der Waals surface area contributed by atoms with E-state index in [1.807, 2.05) is 0 Å². The molecule has 0 amide bonds. The minimum atomic E-state index is -0.415. The summed E-state index contributed by atoms with van der Waals surface area (Å²) in [7, 11) is 0. The van der Waals surface area contributed by atoms with Crippen molar-refractivity contribution in [1.29, 1.82) is 0 Å². The average molecular weight is 200 g/mol. The molecule has 1 aliphatic carbocycles. The third kappa shape index (κ3) is 1.25. The van der Waals surface area contributed by atoms with E-state index < -0.39 is 5.92 Å². The highest BCUT2D eigenvalue weighted by Crippen LogP contribution is 2.46. The number of carbonyl (C=O) groups excluding carboxylic acids is 1. The molecule has 0 radical (unpaired) electrons. The number of hydrogen-bond acceptors (Lipinski definition) is 4. The molecule has 0 bridgehead atoms. The van der Waals surface area contributed by atoms with Crippen molar-refractivity contribution in [3.63, 3.8) is 0 Å². The molecule has 80 valence electrons. The topological polar surface area (TPSA) is 66.8 Å². The maximum Gasteiger partial charge on any atom is 0.311 e. The summed E-state index contributed by atoms with van der Waals surface area (Å²) >= 11 is 0. The van der Waals surface area contributed by atoms with Crippen LogP contribution in [0.25, 0.3) is 0 Å². The third-order valence-electron chi connectivity index (χ3n) is 3.70. The van der Waals surface area contributed by atoms with Gasteiger partial charge in [0.25, 0.3) is 0 Å². The molecule has 0 spiro atoms. The molecule has 0 aromatic heterocycles. The van der Waals surface area contributed by atoms with Crippen LogP contribution in [-0.4, -0.2) is 35.5 Å². The molecule has 2 fully saturated rings. The van der Waals surface area contributed by atoms with E-state index in [0.29, 0.717) is 5.92 Å². The minimum absolute atomic E-state index is 0.0208. The fraction of sp³-hybridized carbons (Fsp3) is 0.900. The summed E-state index contributed by atoms with van der Waals surface area (Å²) in [5.41, 5.74) is 0. The van der Waals surface area contributed by atoms with Crippen LogP contribution in [-0.2, 0) is 9.53 Å². The Kier molecular flexibility index (Phi) is 2.49. The van der Waals surface area contributed by atoms with E-state index in [-0.39, 0.29) is 37.1 Å². The van der Waals surface area contributed by atoms with Crippen LogP contribution in [0.15, 0.2) is 0 Å². The quantitative estimate of drug-likeness (QED) is 0.605. The summed E-state index contributed by atoms with van der Waals surface area (Å²) in [5, 5.41) is 18.3. The second-order valence-corrected chi connectivity index (χ2v) is 4.40. The normalized spacial score (nSPS) is 46.5. The van der Waals surface area contributed by atoms with Gasteiger partial charge in [0.2, 0.25) is 0 Å². The Morgan fingerprint density at radius 3 is 2.71 bits per heavy atom. The van der Waals surface area contributed by atoms with Crippen LogP contribution in [0, 0.1) is 23.7 Å². The molecule has 2 aliphatic rings. The molecule has 4 heteroatoms. The lowest BCUT2D eigenvalue weighted by Crippen LogP contribution is -2.29. The largest absolute Gasteiger partial charge is 0.462 e. The lowest BCUT2D eigenvalue weighted by molar-refractivity contribution is -0.145. The van der Waals surface area contributed by atoms with E-state index in [4.69, 9.17) is 9.84 Å². The molecule has 1 heterocycles. The van der Waals surface area contributed by atoms with Crippen LogP contribution in [0.4, 0.5) is 0 Å². The van der Waals surface area contributed by atoms with E-state index in [0.717, 1.165) is 6.42 Å². The Hall–Kier alpha value is -0.610. The van der Waals surface area contributed by atoms with Gasteiger partial charge in [0.05, 0.1) is 12.5 Å². The summed E-state index contributed by atoms with van der Waals surface area (Å²) in [6.45, 7) is 1.97. The number of rotatable bonds is 2. The Morgan fingerprint density at radius 2 is 2.14 bits per heavy atom. The summed E-state index contributed by atoms with van der Waals surface area (Å²) in [5.74, 6) is -0.219. The Bertz CT molecular complexity index is 240. The summed E-state index contributed by atoms with van der Waals surface area (Å²) in [6, 6.07) is 0. The van der Waals surface area contributed by atoms with E-state index in [1.54, 1.807) is 0 Å². The van der Waals surface area contributed by atoms with Gasteiger partial charge in [-0.15, -0.1) is 0 Å². The van der Waals surface area contributed by atoms with Crippen molar-refractivity contribution < 1.29 is 19.7 Å². The number of esters is 1. The lowest BCUT2D eigenvalue weighted by Gasteiger charge is -2.21. The first-order chi connectivity index (χ1) is 6.69. The number of hydrogen-bond donors (Lipinski definition) is 2. The van der Waals surface area contributed by atoms with Gasteiger partial charge in [-0.2, -0.15) is 0 Å². The predicted octanol–water partition coefficient (Wildman–Crippen LogP) is -0.215. The average Bonchev–Trinajstić information content (AvgIpc) is 2.58. The fourth-order valence-electron chi connectivity index (χ4n) is 2.93. The first-order valence-corrected chi connectivity index (χ1v) is 5.11. The van der Waals surface area contributed by atoms with Gasteiger partial charge in [0.1, 0.15) is 6.10 Å². The van der Waals surface area contributed by atoms with Crippen LogP contribution >= 0.6 is 0 Å². The second-order valence-electron chi connectivity index (χ2n) is 4.40. The molecule has 0 aromatic carbocycles. The lowest BCUT2D eigenvalue weighted by atomic mass is 9.83. The predicted molar refractivity (Wildman–Crippen MR) is 48.3 cm³/mol. The van der Waals surface area contributed by atoms with Crippen LogP contribution < -0.4 is 0 Å². The molecular formula is C10H16O4.